The normalized spacial score (nSPS) is 11.2. The van der Waals surface area contributed by atoms with Crippen LogP contribution in [-0.2, 0) is 4.74 Å². The molecule has 122 valence electrons. The molecule has 0 unspecified atom stereocenters. The van der Waals surface area contributed by atoms with Gasteiger partial charge in [-0.1, -0.05) is 11.6 Å². The summed E-state index contributed by atoms with van der Waals surface area (Å²) >= 11 is 5.83. The van der Waals surface area contributed by atoms with E-state index in [1.54, 1.807) is 45.0 Å². The van der Waals surface area contributed by atoms with Crippen LogP contribution in [0.25, 0.3) is 5.69 Å². The SMILES string of the molecule is CN(C(=O)OC(C)(C)C)c1cc(=O)n(-c2ccc(Cl)cc2)cn1. The summed E-state index contributed by atoms with van der Waals surface area (Å²) < 4.78 is 6.61. The first-order valence-electron chi connectivity index (χ1n) is 6.99. The molecule has 0 fully saturated rings. The number of carbonyl (C=O) groups excluding carboxylic acids is 1. The van der Waals surface area contributed by atoms with Gasteiger partial charge in [0.2, 0.25) is 0 Å². The van der Waals surface area contributed by atoms with Gasteiger partial charge in [-0.25, -0.2) is 9.78 Å². The Labute approximate surface area is 139 Å². The molecule has 0 saturated carbocycles. The lowest BCUT2D eigenvalue weighted by Gasteiger charge is -2.24. The van der Waals surface area contributed by atoms with Crippen molar-refractivity contribution in [3.8, 4) is 5.69 Å². The summed E-state index contributed by atoms with van der Waals surface area (Å²) in [5.41, 5.74) is -0.296. The number of halogens is 1. The van der Waals surface area contributed by atoms with Crippen LogP contribution >= 0.6 is 11.6 Å². The van der Waals surface area contributed by atoms with Gasteiger partial charge in [0.15, 0.2) is 0 Å². The van der Waals surface area contributed by atoms with Crippen LogP contribution in [0.2, 0.25) is 5.02 Å². The third-order valence-electron chi connectivity index (χ3n) is 2.91. The van der Waals surface area contributed by atoms with E-state index in [0.717, 1.165) is 0 Å². The van der Waals surface area contributed by atoms with Crippen molar-refractivity contribution in [2.45, 2.75) is 26.4 Å². The minimum atomic E-state index is -0.621. The molecule has 0 bridgehead atoms. The molecule has 2 aromatic rings. The minimum Gasteiger partial charge on any atom is -0.443 e. The molecule has 0 atom stereocenters. The highest BCUT2D eigenvalue weighted by Crippen LogP contribution is 2.15. The van der Waals surface area contributed by atoms with Gasteiger partial charge in [-0.05, 0) is 45.0 Å². The Kier molecular flexibility index (Phi) is 4.75. The molecule has 7 heteroatoms. The summed E-state index contributed by atoms with van der Waals surface area (Å²) in [5, 5.41) is 0.580. The number of ether oxygens (including phenoxy) is 1. The quantitative estimate of drug-likeness (QED) is 0.845. The molecule has 0 aliphatic heterocycles. The molecule has 0 aliphatic carbocycles. The van der Waals surface area contributed by atoms with Crippen LogP contribution in [0.3, 0.4) is 0 Å². The summed E-state index contributed by atoms with van der Waals surface area (Å²) in [4.78, 5) is 29.6. The highest BCUT2D eigenvalue weighted by Gasteiger charge is 2.21. The summed E-state index contributed by atoms with van der Waals surface area (Å²) in [5.74, 6) is 0.217. The number of nitrogens with zero attached hydrogens (tertiary/aromatic N) is 3. The van der Waals surface area contributed by atoms with E-state index in [1.807, 2.05) is 0 Å². The average molecular weight is 336 g/mol. The lowest BCUT2D eigenvalue weighted by atomic mass is 10.2. The number of hydrogen-bond acceptors (Lipinski definition) is 4. The lowest BCUT2D eigenvalue weighted by Crippen LogP contribution is -2.35. The van der Waals surface area contributed by atoms with Gasteiger partial charge in [-0.15, -0.1) is 0 Å². The first kappa shape index (κ1) is 17.0. The molecule has 1 amide bonds. The first-order valence-corrected chi connectivity index (χ1v) is 7.36. The highest BCUT2D eigenvalue weighted by molar-refractivity contribution is 6.30. The standard InChI is InChI=1S/C16H18ClN3O3/c1-16(2,3)23-15(22)19(4)13-9-14(21)20(10-18-13)12-7-5-11(17)6-8-12/h5-10H,1-4H3. The Hall–Kier alpha value is -2.34. The van der Waals surface area contributed by atoms with E-state index in [2.05, 4.69) is 4.98 Å². The van der Waals surface area contributed by atoms with E-state index in [9.17, 15) is 9.59 Å². The number of aromatic nitrogens is 2. The fraction of sp³-hybridized carbons (Fsp3) is 0.312. The predicted molar refractivity (Wildman–Crippen MR) is 89.5 cm³/mol. The van der Waals surface area contributed by atoms with Gasteiger partial charge < -0.3 is 4.74 Å². The fourth-order valence-corrected chi connectivity index (χ4v) is 1.92. The van der Waals surface area contributed by atoms with Crippen molar-refractivity contribution in [3.05, 3.63) is 52.0 Å². The third-order valence-corrected chi connectivity index (χ3v) is 3.16. The first-order chi connectivity index (χ1) is 10.7. The highest BCUT2D eigenvalue weighted by atomic mass is 35.5. The Morgan fingerprint density at radius 2 is 1.87 bits per heavy atom. The van der Waals surface area contributed by atoms with Gasteiger partial charge in [0.25, 0.3) is 5.56 Å². The Bertz CT molecular complexity index is 763. The second kappa shape index (κ2) is 6.42. The number of hydrogen-bond donors (Lipinski definition) is 0. The van der Waals surface area contributed by atoms with Crippen molar-refractivity contribution in [2.24, 2.45) is 0 Å². The number of amides is 1. The molecule has 0 aliphatic rings. The zero-order chi connectivity index (χ0) is 17.2. The number of carbonyl (C=O) groups is 1. The zero-order valence-corrected chi connectivity index (χ0v) is 14.2. The molecular formula is C16H18ClN3O3. The largest absolute Gasteiger partial charge is 0.443 e. The van der Waals surface area contributed by atoms with Crippen molar-refractivity contribution >= 4 is 23.5 Å². The monoisotopic (exact) mass is 335 g/mol. The topological polar surface area (TPSA) is 64.4 Å². The van der Waals surface area contributed by atoms with Crippen molar-refractivity contribution in [2.75, 3.05) is 11.9 Å². The molecule has 0 saturated heterocycles. The Morgan fingerprint density at radius 1 is 1.26 bits per heavy atom. The predicted octanol–water partition coefficient (Wildman–Crippen LogP) is 3.26. The van der Waals surface area contributed by atoms with E-state index in [4.69, 9.17) is 16.3 Å². The van der Waals surface area contributed by atoms with Crippen molar-refractivity contribution in [3.63, 3.8) is 0 Å². The Morgan fingerprint density at radius 3 is 2.39 bits per heavy atom. The molecule has 6 nitrogen and oxygen atoms in total. The van der Waals surface area contributed by atoms with Crippen molar-refractivity contribution in [1.82, 2.24) is 9.55 Å². The second-order valence-corrected chi connectivity index (χ2v) is 6.41. The lowest BCUT2D eigenvalue weighted by molar-refractivity contribution is 0.0588. The number of anilines is 1. The van der Waals surface area contributed by atoms with E-state index >= 15 is 0 Å². The molecule has 2 rings (SSSR count). The van der Waals surface area contributed by atoms with Gasteiger partial charge in [0.1, 0.15) is 17.7 Å². The van der Waals surface area contributed by atoms with Crippen LogP contribution < -0.4 is 10.5 Å². The molecule has 23 heavy (non-hydrogen) atoms. The Balaban J connectivity index is 2.27. The summed E-state index contributed by atoms with van der Waals surface area (Å²) in [6, 6.07) is 8.07. The van der Waals surface area contributed by atoms with Crippen LogP contribution in [0.1, 0.15) is 20.8 Å². The molecule has 0 N–H and O–H groups in total. The fourth-order valence-electron chi connectivity index (χ4n) is 1.79. The molecule has 1 aromatic carbocycles. The molecular weight excluding hydrogens is 318 g/mol. The van der Waals surface area contributed by atoms with Crippen LogP contribution in [0.5, 0.6) is 0 Å². The smallest absolute Gasteiger partial charge is 0.415 e. The van der Waals surface area contributed by atoms with E-state index in [-0.39, 0.29) is 11.4 Å². The van der Waals surface area contributed by atoms with Crippen LogP contribution in [0.4, 0.5) is 10.6 Å². The summed E-state index contributed by atoms with van der Waals surface area (Å²) in [7, 11) is 1.50. The summed E-state index contributed by atoms with van der Waals surface area (Å²) in [6.07, 6.45) is 0.788. The van der Waals surface area contributed by atoms with Crippen LogP contribution in [-0.4, -0.2) is 28.3 Å². The molecule has 0 radical (unpaired) electrons. The minimum absolute atomic E-state index is 0.217. The van der Waals surface area contributed by atoms with Crippen molar-refractivity contribution in [1.29, 1.82) is 0 Å². The number of benzene rings is 1. The molecule has 1 heterocycles. The second-order valence-electron chi connectivity index (χ2n) is 5.97. The van der Waals surface area contributed by atoms with Gasteiger partial charge in [-0.3, -0.25) is 14.3 Å². The maximum atomic E-state index is 12.2. The van der Waals surface area contributed by atoms with Crippen LogP contribution in [0.15, 0.2) is 41.5 Å². The maximum Gasteiger partial charge on any atom is 0.415 e. The van der Waals surface area contributed by atoms with Gasteiger partial charge in [0.05, 0.1) is 5.69 Å². The summed E-state index contributed by atoms with van der Waals surface area (Å²) in [6.45, 7) is 5.31. The van der Waals surface area contributed by atoms with Gasteiger partial charge in [-0.2, -0.15) is 0 Å². The number of rotatable bonds is 2. The molecule has 0 spiro atoms. The van der Waals surface area contributed by atoms with E-state index in [0.29, 0.717) is 10.7 Å². The van der Waals surface area contributed by atoms with E-state index in [1.165, 1.54) is 28.9 Å². The third kappa shape index (κ3) is 4.32. The van der Waals surface area contributed by atoms with E-state index < -0.39 is 11.7 Å². The maximum absolute atomic E-state index is 12.2. The average Bonchev–Trinajstić information content (AvgIpc) is 2.45. The van der Waals surface area contributed by atoms with Gasteiger partial charge >= 0.3 is 6.09 Å². The zero-order valence-electron chi connectivity index (χ0n) is 13.4. The van der Waals surface area contributed by atoms with Crippen molar-refractivity contribution < 1.29 is 9.53 Å². The van der Waals surface area contributed by atoms with Crippen LogP contribution in [0, 0.1) is 0 Å². The molecule has 1 aromatic heterocycles. The van der Waals surface area contributed by atoms with Gasteiger partial charge in [0, 0.05) is 18.1 Å².